The van der Waals surface area contributed by atoms with E-state index in [9.17, 15) is 19.2 Å². The Morgan fingerprint density at radius 2 is 1.63 bits per heavy atom. The van der Waals surface area contributed by atoms with Gasteiger partial charge in [-0.05, 0) is 50.2 Å². The molecule has 0 radical (unpaired) electrons. The molecule has 7 nitrogen and oxygen atoms in total. The van der Waals surface area contributed by atoms with Crippen molar-refractivity contribution in [2.75, 3.05) is 19.7 Å². The number of esters is 1. The monoisotopic (exact) mass is 412 g/mol. The molecule has 4 rings (SSSR count). The first-order valence-electron chi connectivity index (χ1n) is 11.0. The lowest BCUT2D eigenvalue weighted by Crippen LogP contribution is -2.50. The maximum Gasteiger partial charge on any atom is 0.306 e. The summed E-state index contributed by atoms with van der Waals surface area (Å²) in [7, 11) is 0. The molecular weight excluding hydrogens is 384 g/mol. The number of fused-ring (bicyclic) bond motifs is 2. The van der Waals surface area contributed by atoms with Gasteiger partial charge in [0.1, 0.15) is 0 Å². The van der Waals surface area contributed by atoms with E-state index in [1.807, 2.05) is 4.90 Å². The van der Waals surface area contributed by atoms with Crippen LogP contribution in [0.3, 0.4) is 0 Å². The van der Waals surface area contributed by atoms with Crippen LogP contribution in [-0.4, -0.2) is 59.2 Å². The molecule has 0 bridgehead atoms. The van der Waals surface area contributed by atoms with Gasteiger partial charge in [0.05, 0.1) is 11.1 Å². The van der Waals surface area contributed by atoms with Crippen LogP contribution >= 0.6 is 0 Å². The average Bonchev–Trinajstić information content (AvgIpc) is 3.02. The molecule has 0 aromatic heterocycles. The fourth-order valence-corrected chi connectivity index (χ4v) is 5.06. The first kappa shape index (κ1) is 20.6. The van der Waals surface area contributed by atoms with Crippen molar-refractivity contribution in [1.82, 2.24) is 9.80 Å². The number of ether oxygens (including phenoxy) is 1. The van der Waals surface area contributed by atoms with E-state index in [1.54, 1.807) is 24.3 Å². The molecule has 1 saturated carbocycles. The van der Waals surface area contributed by atoms with Crippen molar-refractivity contribution >= 4 is 23.7 Å². The predicted octanol–water partition coefficient (Wildman–Crippen LogP) is 2.79. The number of rotatable bonds is 6. The van der Waals surface area contributed by atoms with Gasteiger partial charge in [0.2, 0.25) is 0 Å². The molecule has 1 saturated heterocycles. The van der Waals surface area contributed by atoms with E-state index in [4.69, 9.17) is 4.74 Å². The van der Waals surface area contributed by atoms with Gasteiger partial charge < -0.3 is 9.64 Å². The minimum atomic E-state index is -0.475. The molecular formula is C23H28N2O5. The Morgan fingerprint density at radius 3 is 2.37 bits per heavy atom. The van der Waals surface area contributed by atoms with Gasteiger partial charge in [0.15, 0.2) is 6.61 Å². The van der Waals surface area contributed by atoms with E-state index in [0.717, 1.165) is 25.8 Å². The predicted molar refractivity (Wildman–Crippen MR) is 109 cm³/mol. The van der Waals surface area contributed by atoms with Crippen molar-refractivity contribution in [3.8, 4) is 0 Å². The summed E-state index contributed by atoms with van der Waals surface area (Å²) in [5, 5.41) is 0. The number of carbonyl (C=O) groups is 4. The number of piperidine rings is 1. The molecule has 7 heteroatoms. The number of hydrogen-bond donors (Lipinski definition) is 0. The zero-order valence-corrected chi connectivity index (χ0v) is 17.2. The second-order valence-electron chi connectivity index (χ2n) is 8.41. The van der Waals surface area contributed by atoms with E-state index in [1.165, 1.54) is 24.2 Å². The topological polar surface area (TPSA) is 84.0 Å². The lowest BCUT2D eigenvalue weighted by atomic mass is 9.78. The Balaban J connectivity index is 1.21. The van der Waals surface area contributed by atoms with Crippen molar-refractivity contribution in [3.63, 3.8) is 0 Å². The van der Waals surface area contributed by atoms with Crippen molar-refractivity contribution in [2.24, 2.45) is 5.92 Å². The van der Waals surface area contributed by atoms with Crippen LogP contribution in [-0.2, 0) is 14.3 Å². The Morgan fingerprint density at radius 1 is 0.967 bits per heavy atom. The summed E-state index contributed by atoms with van der Waals surface area (Å²) in [6.07, 6.45) is 7.21. The molecule has 1 aromatic rings. The average molecular weight is 412 g/mol. The van der Waals surface area contributed by atoms with Crippen LogP contribution in [0.1, 0.15) is 72.1 Å². The smallest absolute Gasteiger partial charge is 0.306 e. The van der Waals surface area contributed by atoms with Gasteiger partial charge in [0, 0.05) is 25.6 Å². The van der Waals surface area contributed by atoms with Crippen molar-refractivity contribution < 1.29 is 23.9 Å². The fraction of sp³-hybridized carbons (Fsp3) is 0.565. The maximum absolute atomic E-state index is 12.6. The number of amides is 3. The van der Waals surface area contributed by atoms with Crippen LogP contribution in [0.2, 0.25) is 0 Å². The first-order chi connectivity index (χ1) is 14.6. The summed E-state index contributed by atoms with van der Waals surface area (Å²) in [6, 6.07) is 7.01. The molecule has 3 amide bonds. The number of nitrogens with zero attached hydrogens (tertiary/aromatic N) is 2. The molecule has 2 fully saturated rings. The third kappa shape index (κ3) is 4.11. The van der Waals surface area contributed by atoms with Crippen LogP contribution in [0.25, 0.3) is 0 Å². The first-order valence-corrected chi connectivity index (χ1v) is 11.0. The zero-order valence-electron chi connectivity index (χ0n) is 17.2. The van der Waals surface area contributed by atoms with Gasteiger partial charge in [0.25, 0.3) is 17.7 Å². The molecule has 2 aliphatic heterocycles. The Bertz CT molecular complexity index is 815. The van der Waals surface area contributed by atoms with Crippen LogP contribution in [0.4, 0.5) is 0 Å². The minimum absolute atomic E-state index is 0.0622. The number of carbonyl (C=O) groups excluding carboxylic acids is 4. The third-order valence-corrected chi connectivity index (χ3v) is 6.56. The summed E-state index contributed by atoms with van der Waals surface area (Å²) in [4.78, 5) is 52.4. The number of benzene rings is 1. The van der Waals surface area contributed by atoms with E-state index < -0.39 is 5.97 Å². The van der Waals surface area contributed by atoms with Gasteiger partial charge in [-0.1, -0.05) is 25.0 Å². The Labute approximate surface area is 176 Å². The summed E-state index contributed by atoms with van der Waals surface area (Å²) < 4.78 is 5.20. The van der Waals surface area contributed by atoms with Gasteiger partial charge >= 0.3 is 5.97 Å². The second kappa shape index (κ2) is 8.98. The van der Waals surface area contributed by atoms with E-state index >= 15 is 0 Å². The third-order valence-electron chi connectivity index (χ3n) is 6.56. The van der Waals surface area contributed by atoms with Crippen LogP contribution in [0.5, 0.6) is 0 Å². The maximum atomic E-state index is 12.6. The van der Waals surface area contributed by atoms with Gasteiger partial charge in [-0.3, -0.25) is 24.1 Å². The highest BCUT2D eigenvalue weighted by Crippen LogP contribution is 2.35. The highest BCUT2D eigenvalue weighted by Gasteiger charge is 2.36. The summed E-state index contributed by atoms with van der Waals surface area (Å²) in [6.45, 7) is 0.678. The van der Waals surface area contributed by atoms with Gasteiger partial charge in [-0.2, -0.15) is 0 Å². The molecule has 1 aromatic carbocycles. The molecule has 30 heavy (non-hydrogen) atoms. The molecule has 160 valence electrons. The highest BCUT2D eigenvalue weighted by atomic mass is 16.5. The van der Waals surface area contributed by atoms with Crippen LogP contribution in [0.15, 0.2) is 24.3 Å². The molecule has 1 aliphatic carbocycles. The number of imide groups is 1. The van der Waals surface area contributed by atoms with Crippen LogP contribution < -0.4 is 0 Å². The quantitative estimate of drug-likeness (QED) is 0.530. The summed E-state index contributed by atoms with van der Waals surface area (Å²) in [5.74, 6) is -0.651. The van der Waals surface area contributed by atoms with Gasteiger partial charge in [-0.15, -0.1) is 0 Å². The zero-order chi connectivity index (χ0) is 21.1. The van der Waals surface area contributed by atoms with Crippen LogP contribution in [0, 0.1) is 5.92 Å². The highest BCUT2D eigenvalue weighted by molar-refractivity contribution is 6.21. The van der Waals surface area contributed by atoms with Crippen molar-refractivity contribution in [2.45, 2.75) is 57.4 Å². The number of hydrogen-bond acceptors (Lipinski definition) is 5. The molecule has 0 spiro atoms. The lowest BCUT2D eigenvalue weighted by Gasteiger charge is -2.44. The van der Waals surface area contributed by atoms with Gasteiger partial charge in [-0.25, -0.2) is 0 Å². The van der Waals surface area contributed by atoms with Crippen molar-refractivity contribution in [3.05, 3.63) is 35.4 Å². The minimum Gasteiger partial charge on any atom is -0.456 e. The van der Waals surface area contributed by atoms with Crippen molar-refractivity contribution in [1.29, 1.82) is 0 Å². The molecule has 2 atom stereocenters. The SMILES string of the molecule is O=C(CCCN1C(=O)c2ccccc2C1=O)OCC(=O)N1CCC[C@@H]2CCCC[C@H]21. The molecule has 0 unspecified atom stereocenters. The normalized spacial score (nSPS) is 23.2. The number of likely N-dealkylation sites (tertiary alicyclic amines) is 1. The second-order valence-corrected chi connectivity index (χ2v) is 8.41. The standard InChI is InChI=1S/C23H28N2O5/c26-20(24-13-5-8-16-7-1-4-11-19(16)24)15-30-21(27)12-6-14-25-22(28)17-9-2-3-10-18(17)23(25)29/h2-3,9-10,16,19H,1,4-8,11-15H2/t16-,19+/m0/s1. The summed E-state index contributed by atoms with van der Waals surface area (Å²) in [5.41, 5.74) is 0.802. The van der Waals surface area contributed by atoms with E-state index in [-0.39, 0.29) is 37.3 Å². The molecule has 2 heterocycles. The van der Waals surface area contributed by atoms with E-state index in [2.05, 4.69) is 0 Å². The molecule has 3 aliphatic rings. The molecule has 0 N–H and O–H groups in total. The fourth-order valence-electron chi connectivity index (χ4n) is 5.06. The Hall–Kier alpha value is -2.70. The lowest BCUT2D eigenvalue weighted by molar-refractivity contribution is -0.155. The largest absolute Gasteiger partial charge is 0.456 e. The van der Waals surface area contributed by atoms with E-state index in [0.29, 0.717) is 29.5 Å². The summed E-state index contributed by atoms with van der Waals surface area (Å²) >= 11 is 0. The Kier molecular flexibility index (Phi) is 6.16.